The van der Waals surface area contributed by atoms with Gasteiger partial charge in [0.05, 0.1) is 12.1 Å². The van der Waals surface area contributed by atoms with Crippen LogP contribution in [0.15, 0.2) is 29.1 Å². The number of rotatable bonds is 3. The number of aromatic carboxylic acids is 1. The molecule has 6 heteroatoms. The zero-order valence-corrected chi connectivity index (χ0v) is 9.54. The van der Waals surface area contributed by atoms with Gasteiger partial charge in [0.1, 0.15) is 0 Å². The summed E-state index contributed by atoms with van der Waals surface area (Å²) in [7, 11) is 0. The van der Waals surface area contributed by atoms with Crippen molar-refractivity contribution >= 4 is 5.97 Å². The average Bonchev–Trinajstić information content (AvgIpc) is 2.96. The summed E-state index contributed by atoms with van der Waals surface area (Å²) in [4.78, 5) is 17.0. The summed E-state index contributed by atoms with van der Waals surface area (Å²) in [5.41, 5.74) is 2.54. The quantitative estimate of drug-likeness (QED) is 0.877. The summed E-state index contributed by atoms with van der Waals surface area (Å²) in [5, 5.41) is 12.7. The Morgan fingerprint density at radius 1 is 1.39 bits per heavy atom. The molecule has 1 aromatic heterocycles. The van der Waals surface area contributed by atoms with E-state index in [-0.39, 0.29) is 0 Å². The average molecular weight is 245 g/mol. The predicted octanol–water partition coefficient (Wildman–Crippen LogP) is 1.28. The van der Waals surface area contributed by atoms with Crippen molar-refractivity contribution in [2.24, 2.45) is 0 Å². The van der Waals surface area contributed by atoms with Gasteiger partial charge in [-0.3, -0.25) is 4.90 Å². The first-order chi connectivity index (χ1) is 8.72. The summed E-state index contributed by atoms with van der Waals surface area (Å²) in [6.45, 7) is 2.10. The minimum atomic E-state index is -0.894. The molecule has 0 spiro atoms. The fraction of sp³-hybridized carbons (Fsp3) is 0.250. The largest absolute Gasteiger partial charge is 0.478 e. The second kappa shape index (κ2) is 4.23. The van der Waals surface area contributed by atoms with E-state index in [1.54, 1.807) is 12.1 Å². The van der Waals surface area contributed by atoms with Crippen LogP contribution in [-0.4, -0.2) is 26.1 Å². The normalized spacial score (nSPS) is 14.7. The lowest BCUT2D eigenvalue weighted by Gasteiger charge is -2.10. The van der Waals surface area contributed by atoms with Gasteiger partial charge in [0.25, 0.3) is 0 Å². The standard InChI is InChI=1S/C12H11N3O3/c16-12(17)8-1-2-9-4-15(5-10(9)3-8)6-11-13-7-18-14-11/h1-3,7H,4-6H2,(H,16,17). The molecule has 2 aromatic rings. The van der Waals surface area contributed by atoms with Gasteiger partial charge in [0.15, 0.2) is 5.82 Å². The number of fused-ring (bicyclic) bond motifs is 1. The van der Waals surface area contributed by atoms with E-state index in [1.165, 1.54) is 6.39 Å². The third-order valence-electron chi connectivity index (χ3n) is 3.01. The molecule has 92 valence electrons. The lowest BCUT2D eigenvalue weighted by atomic mass is 10.1. The third kappa shape index (κ3) is 1.98. The Balaban J connectivity index is 1.77. The lowest BCUT2D eigenvalue weighted by molar-refractivity contribution is 0.0696. The Morgan fingerprint density at radius 2 is 2.22 bits per heavy atom. The van der Waals surface area contributed by atoms with Gasteiger partial charge in [-0.25, -0.2) is 4.79 Å². The number of hydrogen-bond acceptors (Lipinski definition) is 5. The lowest BCUT2D eigenvalue weighted by Crippen LogP contribution is -2.16. The summed E-state index contributed by atoms with van der Waals surface area (Å²) in [6, 6.07) is 5.24. The van der Waals surface area contributed by atoms with E-state index in [9.17, 15) is 4.79 Å². The Bertz CT molecular complexity index is 580. The van der Waals surface area contributed by atoms with Crippen LogP contribution in [0.4, 0.5) is 0 Å². The van der Waals surface area contributed by atoms with Crippen molar-refractivity contribution in [3.63, 3.8) is 0 Å². The number of carboxylic acid groups (broad SMARTS) is 1. The van der Waals surface area contributed by atoms with E-state index in [1.807, 2.05) is 6.07 Å². The molecule has 18 heavy (non-hydrogen) atoms. The molecule has 0 saturated heterocycles. The molecule has 0 saturated carbocycles. The van der Waals surface area contributed by atoms with E-state index in [4.69, 9.17) is 5.11 Å². The smallest absolute Gasteiger partial charge is 0.335 e. The molecular formula is C12H11N3O3. The molecule has 1 aliphatic heterocycles. The zero-order chi connectivity index (χ0) is 12.5. The van der Waals surface area contributed by atoms with Crippen LogP contribution < -0.4 is 0 Å². The second-order valence-electron chi connectivity index (χ2n) is 4.28. The molecule has 1 aliphatic rings. The molecule has 0 atom stereocenters. The number of carbonyl (C=O) groups is 1. The summed E-state index contributed by atoms with van der Waals surface area (Å²) in [6.07, 6.45) is 1.31. The van der Waals surface area contributed by atoms with Gasteiger partial charge in [0.2, 0.25) is 6.39 Å². The maximum Gasteiger partial charge on any atom is 0.335 e. The van der Waals surface area contributed by atoms with Crippen molar-refractivity contribution in [1.82, 2.24) is 15.0 Å². The maximum atomic E-state index is 10.9. The number of nitrogens with zero attached hydrogens (tertiary/aromatic N) is 3. The van der Waals surface area contributed by atoms with E-state index in [0.29, 0.717) is 24.5 Å². The molecule has 0 aliphatic carbocycles. The van der Waals surface area contributed by atoms with Gasteiger partial charge in [-0.1, -0.05) is 11.2 Å². The van der Waals surface area contributed by atoms with Crippen LogP contribution in [0.5, 0.6) is 0 Å². The minimum Gasteiger partial charge on any atom is -0.478 e. The first kappa shape index (κ1) is 10.9. The molecule has 0 unspecified atom stereocenters. The Morgan fingerprint density at radius 3 is 2.94 bits per heavy atom. The first-order valence-corrected chi connectivity index (χ1v) is 5.55. The first-order valence-electron chi connectivity index (χ1n) is 5.55. The molecule has 2 heterocycles. The molecule has 0 bridgehead atoms. The Hall–Kier alpha value is -2.21. The topological polar surface area (TPSA) is 79.5 Å². The number of aromatic nitrogens is 2. The van der Waals surface area contributed by atoms with Gasteiger partial charge in [-0.15, -0.1) is 0 Å². The van der Waals surface area contributed by atoms with Crippen molar-refractivity contribution in [1.29, 1.82) is 0 Å². The van der Waals surface area contributed by atoms with Gasteiger partial charge in [-0.05, 0) is 23.3 Å². The van der Waals surface area contributed by atoms with Crippen molar-refractivity contribution in [3.8, 4) is 0 Å². The van der Waals surface area contributed by atoms with Crippen molar-refractivity contribution < 1.29 is 14.4 Å². The molecule has 1 N–H and O–H groups in total. The predicted molar refractivity (Wildman–Crippen MR) is 60.7 cm³/mol. The zero-order valence-electron chi connectivity index (χ0n) is 9.54. The minimum absolute atomic E-state index is 0.329. The van der Waals surface area contributed by atoms with Crippen LogP contribution in [0.2, 0.25) is 0 Å². The van der Waals surface area contributed by atoms with Crippen LogP contribution in [0.1, 0.15) is 27.3 Å². The van der Waals surface area contributed by atoms with Gasteiger partial charge in [-0.2, -0.15) is 4.98 Å². The molecule has 1 aromatic carbocycles. The fourth-order valence-corrected chi connectivity index (χ4v) is 2.17. The number of carboxylic acids is 1. The SMILES string of the molecule is O=C(O)c1ccc2c(c1)CN(Cc1ncon1)C2. The van der Waals surface area contributed by atoms with Gasteiger partial charge >= 0.3 is 5.97 Å². The van der Waals surface area contributed by atoms with E-state index in [2.05, 4.69) is 19.6 Å². The van der Waals surface area contributed by atoms with Crippen LogP contribution >= 0.6 is 0 Å². The molecule has 0 fully saturated rings. The molecule has 0 radical (unpaired) electrons. The highest BCUT2D eigenvalue weighted by atomic mass is 16.5. The van der Waals surface area contributed by atoms with Crippen LogP contribution in [0.25, 0.3) is 0 Å². The third-order valence-corrected chi connectivity index (χ3v) is 3.01. The molecule has 6 nitrogen and oxygen atoms in total. The van der Waals surface area contributed by atoms with E-state index < -0.39 is 5.97 Å². The van der Waals surface area contributed by atoms with Crippen LogP contribution in [-0.2, 0) is 19.6 Å². The summed E-state index contributed by atoms with van der Waals surface area (Å²) >= 11 is 0. The Kier molecular flexibility index (Phi) is 2.56. The van der Waals surface area contributed by atoms with Gasteiger partial charge in [0, 0.05) is 13.1 Å². The van der Waals surface area contributed by atoms with Crippen LogP contribution in [0, 0.1) is 0 Å². The fourth-order valence-electron chi connectivity index (χ4n) is 2.17. The summed E-state index contributed by atoms with van der Waals surface area (Å²) in [5.74, 6) is -0.254. The van der Waals surface area contributed by atoms with Crippen molar-refractivity contribution in [3.05, 3.63) is 47.1 Å². The van der Waals surface area contributed by atoms with Gasteiger partial charge < -0.3 is 9.63 Å². The maximum absolute atomic E-state index is 10.9. The van der Waals surface area contributed by atoms with Crippen LogP contribution in [0.3, 0.4) is 0 Å². The van der Waals surface area contributed by atoms with Crippen molar-refractivity contribution in [2.75, 3.05) is 0 Å². The van der Waals surface area contributed by atoms with Crippen molar-refractivity contribution in [2.45, 2.75) is 19.6 Å². The highest BCUT2D eigenvalue weighted by molar-refractivity contribution is 5.87. The molecular weight excluding hydrogens is 234 g/mol. The number of benzene rings is 1. The monoisotopic (exact) mass is 245 g/mol. The molecule has 3 rings (SSSR count). The highest BCUT2D eigenvalue weighted by Crippen LogP contribution is 2.24. The van der Waals surface area contributed by atoms with E-state index in [0.717, 1.165) is 17.7 Å². The van der Waals surface area contributed by atoms with E-state index >= 15 is 0 Å². The summed E-state index contributed by atoms with van der Waals surface area (Å²) < 4.78 is 4.69. The Labute approximate surface area is 103 Å². The highest BCUT2D eigenvalue weighted by Gasteiger charge is 2.21. The molecule has 0 amide bonds. The number of hydrogen-bond donors (Lipinski definition) is 1. The second-order valence-corrected chi connectivity index (χ2v) is 4.28.